The van der Waals surface area contributed by atoms with Gasteiger partial charge in [-0.2, -0.15) is 0 Å². The third-order valence-electron chi connectivity index (χ3n) is 1.43. The Balaban J connectivity index is 2.95. The topological polar surface area (TPSA) is 43.4 Å². The number of alkyl halides is 1. The van der Waals surface area contributed by atoms with Gasteiger partial charge in [-0.25, -0.2) is 0 Å². The van der Waals surface area contributed by atoms with E-state index in [4.69, 9.17) is 27.9 Å². The van der Waals surface area contributed by atoms with E-state index in [1.165, 1.54) is 12.1 Å². The van der Waals surface area contributed by atoms with E-state index in [9.17, 15) is 9.59 Å². The molecule has 0 radical (unpaired) electrons. The standard InChI is InChI=1S/C9H6Cl2O3/c10-5-8(12)14-7-4-2-1-3-6(7)9(11)13/h1-4H,5H2. The van der Waals surface area contributed by atoms with Crippen LogP contribution in [0.3, 0.4) is 0 Å². The van der Waals surface area contributed by atoms with Gasteiger partial charge in [-0.15, -0.1) is 11.6 Å². The molecule has 0 aliphatic rings. The van der Waals surface area contributed by atoms with Crippen molar-refractivity contribution in [3.8, 4) is 5.75 Å². The quantitative estimate of drug-likeness (QED) is 0.348. The summed E-state index contributed by atoms with van der Waals surface area (Å²) >= 11 is 10.5. The summed E-state index contributed by atoms with van der Waals surface area (Å²) in [6.07, 6.45) is 0. The Kier molecular flexibility index (Phi) is 3.92. The van der Waals surface area contributed by atoms with Crippen LogP contribution in [-0.4, -0.2) is 17.1 Å². The fourth-order valence-electron chi connectivity index (χ4n) is 0.868. The van der Waals surface area contributed by atoms with Crippen molar-refractivity contribution in [2.75, 3.05) is 5.88 Å². The van der Waals surface area contributed by atoms with Crippen molar-refractivity contribution < 1.29 is 14.3 Å². The summed E-state index contributed by atoms with van der Waals surface area (Å²) in [6, 6.07) is 6.18. The van der Waals surface area contributed by atoms with Gasteiger partial charge >= 0.3 is 5.97 Å². The first-order chi connectivity index (χ1) is 6.65. The van der Waals surface area contributed by atoms with Crippen LogP contribution in [0.1, 0.15) is 10.4 Å². The molecule has 0 aromatic heterocycles. The van der Waals surface area contributed by atoms with Crippen molar-refractivity contribution in [2.24, 2.45) is 0 Å². The maximum Gasteiger partial charge on any atom is 0.326 e. The molecule has 0 amide bonds. The summed E-state index contributed by atoms with van der Waals surface area (Å²) in [5.74, 6) is -0.777. The Hall–Kier alpha value is -1.06. The number of hydrogen-bond acceptors (Lipinski definition) is 3. The fourth-order valence-corrected chi connectivity index (χ4v) is 1.08. The molecule has 0 unspecified atom stereocenters. The molecule has 0 heterocycles. The van der Waals surface area contributed by atoms with Gasteiger partial charge in [0.05, 0.1) is 5.56 Å². The highest BCUT2D eigenvalue weighted by atomic mass is 35.5. The van der Waals surface area contributed by atoms with E-state index in [1.54, 1.807) is 12.1 Å². The molecule has 0 aliphatic heterocycles. The van der Waals surface area contributed by atoms with E-state index in [1.807, 2.05) is 0 Å². The highest BCUT2D eigenvalue weighted by molar-refractivity contribution is 6.68. The van der Waals surface area contributed by atoms with E-state index >= 15 is 0 Å². The first kappa shape index (κ1) is 11.0. The molecule has 0 atom stereocenters. The average Bonchev–Trinajstić information content (AvgIpc) is 2.18. The second-order valence-corrected chi connectivity index (χ2v) is 2.99. The summed E-state index contributed by atoms with van der Waals surface area (Å²) < 4.78 is 4.78. The minimum Gasteiger partial charge on any atom is -0.425 e. The summed E-state index contributed by atoms with van der Waals surface area (Å²) in [6.45, 7) is 0. The minimum atomic E-state index is -0.678. The van der Waals surface area contributed by atoms with Crippen molar-refractivity contribution in [3.63, 3.8) is 0 Å². The molecular formula is C9H6Cl2O3. The number of carbonyl (C=O) groups excluding carboxylic acids is 2. The lowest BCUT2D eigenvalue weighted by Crippen LogP contribution is -2.10. The first-order valence-electron chi connectivity index (χ1n) is 3.70. The van der Waals surface area contributed by atoms with Crippen molar-refractivity contribution in [2.45, 2.75) is 0 Å². The smallest absolute Gasteiger partial charge is 0.326 e. The number of esters is 1. The maximum absolute atomic E-state index is 10.9. The first-order valence-corrected chi connectivity index (χ1v) is 4.62. The molecular weight excluding hydrogens is 227 g/mol. The van der Waals surface area contributed by atoms with Gasteiger partial charge in [0.2, 0.25) is 0 Å². The van der Waals surface area contributed by atoms with Gasteiger partial charge in [-0.1, -0.05) is 12.1 Å². The highest BCUT2D eigenvalue weighted by Crippen LogP contribution is 2.19. The largest absolute Gasteiger partial charge is 0.425 e. The van der Waals surface area contributed by atoms with E-state index in [-0.39, 0.29) is 17.2 Å². The average molecular weight is 233 g/mol. The molecule has 0 spiro atoms. The number of para-hydroxylation sites is 1. The zero-order valence-corrected chi connectivity index (χ0v) is 8.51. The number of halogens is 2. The van der Waals surface area contributed by atoms with Gasteiger partial charge < -0.3 is 4.74 Å². The fraction of sp³-hybridized carbons (Fsp3) is 0.111. The third kappa shape index (κ3) is 2.72. The maximum atomic E-state index is 10.9. The number of rotatable bonds is 3. The van der Waals surface area contributed by atoms with Crippen LogP contribution < -0.4 is 4.74 Å². The molecule has 1 aromatic carbocycles. The lowest BCUT2D eigenvalue weighted by Gasteiger charge is -2.04. The van der Waals surface area contributed by atoms with Crippen LogP contribution in [0.2, 0.25) is 0 Å². The molecule has 0 saturated heterocycles. The summed E-state index contributed by atoms with van der Waals surface area (Å²) in [5, 5.41) is -0.678. The van der Waals surface area contributed by atoms with Crippen molar-refractivity contribution in [1.29, 1.82) is 0 Å². The Morgan fingerprint density at radius 1 is 1.29 bits per heavy atom. The molecule has 1 rings (SSSR count). The Bertz CT molecular complexity index is 363. The number of hydrogen-bond donors (Lipinski definition) is 0. The van der Waals surface area contributed by atoms with Gasteiger partial charge in [-0.3, -0.25) is 9.59 Å². The van der Waals surface area contributed by atoms with Gasteiger partial charge in [0.25, 0.3) is 5.24 Å². The predicted molar refractivity (Wildman–Crippen MR) is 53.0 cm³/mol. The van der Waals surface area contributed by atoms with Gasteiger partial charge in [0.1, 0.15) is 11.6 Å². The van der Waals surface area contributed by atoms with Crippen LogP contribution >= 0.6 is 23.2 Å². The Labute approximate surface area is 90.6 Å². The lowest BCUT2D eigenvalue weighted by molar-refractivity contribution is -0.131. The molecule has 14 heavy (non-hydrogen) atoms. The summed E-state index contributed by atoms with van der Waals surface area (Å²) in [4.78, 5) is 21.7. The lowest BCUT2D eigenvalue weighted by atomic mass is 10.2. The summed E-state index contributed by atoms with van der Waals surface area (Å²) in [7, 11) is 0. The zero-order valence-electron chi connectivity index (χ0n) is 7.00. The highest BCUT2D eigenvalue weighted by Gasteiger charge is 2.11. The Morgan fingerprint density at radius 2 is 1.93 bits per heavy atom. The zero-order chi connectivity index (χ0) is 10.6. The number of ether oxygens (including phenoxy) is 1. The normalized spacial score (nSPS) is 9.57. The monoisotopic (exact) mass is 232 g/mol. The van der Waals surface area contributed by atoms with E-state index in [2.05, 4.69) is 0 Å². The molecule has 3 nitrogen and oxygen atoms in total. The van der Waals surface area contributed by atoms with Gasteiger partial charge in [0.15, 0.2) is 0 Å². The van der Waals surface area contributed by atoms with E-state index in [0.717, 1.165) is 0 Å². The molecule has 0 bridgehead atoms. The van der Waals surface area contributed by atoms with Gasteiger partial charge in [-0.05, 0) is 23.7 Å². The number of carbonyl (C=O) groups is 2. The van der Waals surface area contributed by atoms with Gasteiger partial charge in [0, 0.05) is 0 Å². The molecule has 0 aliphatic carbocycles. The summed E-state index contributed by atoms with van der Waals surface area (Å²) in [5.41, 5.74) is 0.146. The third-order valence-corrected chi connectivity index (χ3v) is 1.85. The second-order valence-electron chi connectivity index (χ2n) is 2.38. The second kappa shape index (κ2) is 4.98. The molecule has 1 aromatic rings. The minimum absolute atomic E-state index is 0.123. The van der Waals surface area contributed by atoms with Crippen LogP contribution in [0, 0.1) is 0 Å². The SMILES string of the molecule is O=C(CCl)Oc1ccccc1C(=O)Cl. The Morgan fingerprint density at radius 3 is 2.50 bits per heavy atom. The van der Waals surface area contributed by atoms with Crippen LogP contribution in [0.15, 0.2) is 24.3 Å². The molecule has 0 fully saturated rings. The van der Waals surface area contributed by atoms with E-state index < -0.39 is 11.2 Å². The van der Waals surface area contributed by atoms with Crippen LogP contribution in [0.25, 0.3) is 0 Å². The van der Waals surface area contributed by atoms with Crippen molar-refractivity contribution in [1.82, 2.24) is 0 Å². The molecule has 5 heteroatoms. The van der Waals surface area contributed by atoms with Crippen LogP contribution in [0.5, 0.6) is 5.75 Å². The number of benzene rings is 1. The molecule has 0 saturated carbocycles. The molecule has 74 valence electrons. The predicted octanol–water partition coefficient (Wildman–Crippen LogP) is 2.21. The van der Waals surface area contributed by atoms with E-state index in [0.29, 0.717) is 0 Å². The van der Waals surface area contributed by atoms with Crippen molar-refractivity contribution in [3.05, 3.63) is 29.8 Å². The molecule has 0 N–H and O–H groups in total. The van der Waals surface area contributed by atoms with Crippen LogP contribution in [-0.2, 0) is 4.79 Å². The van der Waals surface area contributed by atoms with Crippen LogP contribution in [0.4, 0.5) is 0 Å². The van der Waals surface area contributed by atoms with Crippen molar-refractivity contribution >= 4 is 34.4 Å².